The quantitative estimate of drug-likeness (QED) is 0.531. The van der Waals surface area contributed by atoms with Crippen molar-refractivity contribution < 1.29 is 23.0 Å². The summed E-state index contributed by atoms with van der Waals surface area (Å²) in [5.74, 6) is 0. The van der Waals surface area contributed by atoms with Gasteiger partial charge in [-0.3, -0.25) is 4.74 Å². The Morgan fingerprint density at radius 1 is 1.29 bits per heavy atom. The van der Waals surface area contributed by atoms with Crippen LogP contribution in [0, 0.1) is 0 Å². The van der Waals surface area contributed by atoms with Gasteiger partial charge < -0.3 is 5.11 Å². The Kier molecular flexibility index (Phi) is 2.70. The van der Waals surface area contributed by atoms with Gasteiger partial charge in [-0.25, -0.2) is 0 Å². The van der Waals surface area contributed by atoms with E-state index in [9.17, 15) is 13.2 Å². The van der Waals surface area contributed by atoms with Gasteiger partial charge in [0.1, 0.15) is 0 Å². The van der Waals surface area contributed by atoms with E-state index in [4.69, 9.17) is 5.11 Å². The third kappa shape index (κ3) is 5.71. The minimum atomic E-state index is -3.25. The van der Waals surface area contributed by atoms with E-state index in [1.807, 2.05) is 0 Å². The minimum Gasteiger partial charge on any atom is -0.342 e. The fraction of sp³-hybridized carbons (Fsp3) is 1.00. The summed E-state index contributed by atoms with van der Waals surface area (Å²) in [4.78, 5) is 0. The van der Waals surface area contributed by atoms with E-state index in [0.29, 0.717) is 0 Å². The molecule has 0 aromatic carbocycles. The summed E-state index contributed by atoms with van der Waals surface area (Å²) in [6.45, 7) is -6.13. The maximum Gasteiger partial charge on any atom is 0.349 e. The van der Waals surface area contributed by atoms with Gasteiger partial charge in [-0.05, 0) is 0 Å². The molecular formula is C2H3F3O2. The summed E-state index contributed by atoms with van der Waals surface area (Å²) in [7, 11) is 0. The average molecular weight is 116 g/mol. The molecule has 2 nitrogen and oxygen atoms in total. The first-order valence-electron chi connectivity index (χ1n) is 1.38. The molecule has 1 atom stereocenters. The summed E-state index contributed by atoms with van der Waals surface area (Å²) in [6.07, 6.45) is 0. The third-order valence-electron chi connectivity index (χ3n) is 0.215. The van der Waals surface area contributed by atoms with Crippen LogP contribution in [-0.4, -0.2) is 18.3 Å². The molecule has 44 valence electrons. The van der Waals surface area contributed by atoms with Crippen molar-refractivity contribution in [1.82, 2.24) is 0 Å². The van der Waals surface area contributed by atoms with Gasteiger partial charge in [-0.1, -0.05) is 0 Å². The van der Waals surface area contributed by atoms with Crippen LogP contribution in [0.2, 0.25) is 0 Å². The maximum atomic E-state index is 10.8. The zero-order chi connectivity index (χ0) is 5.86. The van der Waals surface area contributed by atoms with Gasteiger partial charge in [-0.15, -0.1) is 0 Å². The maximum absolute atomic E-state index is 10.8. The lowest BCUT2D eigenvalue weighted by atomic mass is 11.3. The number of ether oxygens (including phenoxy) is 1. The summed E-state index contributed by atoms with van der Waals surface area (Å²) >= 11 is 0. The Hall–Kier alpha value is -0.290. The van der Waals surface area contributed by atoms with Gasteiger partial charge in [0.15, 0.2) is 0 Å². The van der Waals surface area contributed by atoms with Crippen LogP contribution >= 0.6 is 0 Å². The molecule has 0 aliphatic rings. The number of aliphatic hydroxyl groups is 1. The van der Waals surface area contributed by atoms with Crippen molar-refractivity contribution in [1.29, 1.82) is 0 Å². The van der Waals surface area contributed by atoms with Crippen LogP contribution in [0.5, 0.6) is 0 Å². The zero-order valence-electron chi connectivity index (χ0n) is 3.14. The smallest absolute Gasteiger partial charge is 0.342 e. The average Bonchev–Trinajstić information content (AvgIpc) is 1.27. The van der Waals surface area contributed by atoms with E-state index in [1.165, 1.54) is 0 Å². The van der Waals surface area contributed by atoms with Gasteiger partial charge in [0.2, 0.25) is 0 Å². The molecule has 0 aliphatic heterocycles. The fourth-order valence-electron chi connectivity index (χ4n) is 0.0849. The number of rotatable bonds is 2. The van der Waals surface area contributed by atoms with E-state index >= 15 is 0 Å². The summed E-state index contributed by atoms with van der Waals surface area (Å²) in [5, 5.41) is 7.35. The number of aliphatic hydroxyl groups excluding tert-OH is 1. The van der Waals surface area contributed by atoms with E-state index < -0.39 is 13.2 Å². The van der Waals surface area contributed by atoms with Crippen LogP contribution in [0.25, 0.3) is 0 Å². The Morgan fingerprint density at radius 2 is 1.71 bits per heavy atom. The molecule has 0 aromatic heterocycles. The second-order valence-electron chi connectivity index (χ2n) is 0.689. The van der Waals surface area contributed by atoms with Gasteiger partial charge in [0, 0.05) is 0 Å². The van der Waals surface area contributed by atoms with Crippen molar-refractivity contribution in [3.63, 3.8) is 0 Å². The molecule has 0 fully saturated rings. The molecule has 0 aromatic rings. The first-order valence-corrected chi connectivity index (χ1v) is 1.38. The predicted molar refractivity (Wildman–Crippen MR) is 14.2 cm³/mol. The number of hydrogen-bond acceptors (Lipinski definition) is 2. The molecule has 0 bridgehead atoms. The van der Waals surface area contributed by atoms with Crippen molar-refractivity contribution in [2.75, 3.05) is 0 Å². The van der Waals surface area contributed by atoms with Gasteiger partial charge >= 0.3 is 13.2 Å². The summed E-state index contributed by atoms with van der Waals surface area (Å²) < 4.78 is 34.9. The van der Waals surface area contributed by atoms with Crippen molar-refractivity contribution in [3.05, 3.63) is 0 Å². The monoisotopic (exact) mass is 116 g/mol. The van der Waals surface area contributed by atoms with Crippen molar-refractivity contribution in [2.45, 2.75) is 13.2 Å². The molecule has 1 unspecified atom stereocenters. The van der Waals surface area contributed by atoms with E-state index in [1.54, 1.807) is 0 Å². The van der Waals surface area contributed by atoms with E-state index in [2.05, 4.69) is 4.74 Å². The lowest BCUT2D eigenvalue weighted by Crippen LogP contribution is -2.08. The molecule has 0 saturated carbocycles. The van der Waals surface area contributed by atoms with Crippen LogP contribution in [0.1, 0.15) is 0 Å². The second kappa shape index (κ2) is 2.81. The molecular weight excluding hydrogens is 113 g/mol. The second-order valence-corrected chi connectivity index (χ2v) is 0.689. The Bertz CT molecular complexity index is 40.2. The zero-order valence-corrected chi connectivity index (χ0v) is 3.14. The molecule has 0 aliphatic carbocycles. The Balaban J connectivity index is 2.95. The Labute approximate surface area is 37.5 Å². The predicted octanol–water partition coefficient (Wildman–Crippen LogP) is 0.471. The van der Waals surface area contributed by atoms with Crippen LogP contribution in [0.3, 0.4) is 0 Å². The van der Waals surface area contributed by atoms with Gasteiger partial charge in [-0.2, -0.15) is 13.2 Å². The molecule has 0 heterocycles. The number of alkyl halides is 3. The van der Waals surface area contributed by atoms with Crippen LogP contribution in [0.15, 0.2) is 0 Å². The fourth-order valence-corrected chi connectivity index (χ4v) is 0.0849. The summed E-state index contributed by atoms with van der Waals surface area (Å²) in [5.41, 5.74) is 0. The largest absolute Gasteiger partial charge is 0.349 e. The molecule has 0 amide bonds. The van der Waals surface area contributed by atoms with Crippen LogP contribution in [-0.2, 0) is 4.74 Å². The van der Waals surface area contributed by atoms with Crippen LogP contribution in [0.4, 0.5) is 13.2 Å². The van der Waals surface area contributed by atoms with Crippen molar-refractivity contribution in [2.24, 2.45) is 0 Å². The number of hydrogen-bond donors (Lipinski definition) is 1. The highest BCUT2D eigenvalue weighted by molar-refractivity contribution is 4.07. The van der Waals surface area contributed by atoms with E-state index in [-0.39, 0.29) is 0 Å². The first kappa shape index (κ1) is 6.71. The minimum absolute atomic E-state index is 2.81. The molecule has 0 rings (SSSR count). The molecule has 5 heteroatoms. The molecule has 0 saturated heterocycles. The number of halogens is 3. The third-order valence-corrected chi connectivity index (χ3v) is 0.215. The topological polar surface area (TPSA) is 29.5 Å². The highest BCUT2D eigenvalue weighted by atomic mass is 19.3. The first-order chi connectivity index (χ1) is 3.13. The van der Waals surface area contributed by atoms with Crippen LogP contribution < -0.4 is 0 Å². The standard InChI is InChI=1S/C2H3F3O2/c3-1(4)7-2(5)6/h1-2,6H. The molecule has 1 N–H and O–H groups in total. The molecule has 0 spiro atoms. The van der Waals surface area contributed by atoms with E-state index in [0.717, 1.165) is 0 Å². The highest BCUT2D eigenvalue weighted by Gasteiger charge is 2.07. The lowest BCUT2D eigenvalue weighted by Gasteiger charge is -1.98. The van der Waals surface area contributed by atoms with Crippen molar-refractivity contribution in [3.8, 4) is 0 Å². The highest BCUT2D eigenvalue weighted by Crippen LogP contribution is 1.98. The SMILES string of the molecule is OC(F)OC(F)F. The molecule has 0 radical (unpaired) electrons. The summed E-state index contributed by atoms with van der Waals surface area (Å²) in [6, 6.07) is 0. The normalized spacial score (nSPS) is 15.0. The van der Waals surface area contributed by atoms with Gasteiger partial charge in [0.05, 0.1) is 0 Å². The lowest BCUT2D eigenvalue weighted by molar-refractivity contribution is -0.276. The van der Waals surface area contributed by atoms with Crippen molar-refractivity contribution >= 4 is 0 Å². The Morgan fingerprint density at radius 3 is 1.71 bits per heavy atom. The molecule has 7 heavy (non-hydrogen) atoms. The van der Waals surface area contributed by atoms with Gasteiger partial charge in [0.25, 0.3) is 0 Å².